The molecule has 2 N–H and O–H groups in total. The van der Waals surface area contributed by atoms with E-state index in [0.717, 1.165) is 18.9 Å². The quantitative estimate of drug-likeness (QED) is 0.840. The Morgan fingerprint density at radius 1 is 1.59 bits per heavy atom. The molecular weight excluding hydrogens is 214 g/mol. The van der Waals surface area contributed by atoms with Crippen LogP contribution in [0.15, 0.2) is 18.3 Å². The third-order valence-corrected chi connectivity index (χ3v) is 3.03. The summed E-state index contributed by atoms with van der Waals surface area (Å²) >= 11 is 0. The third kappa shape index (κ3) is 2.76. The molecule has 1 fully saturated rings. The van der Waals surface area contributed by atoms with Crippen LogP contribution in [0.4, 0.5) is 5.82 Å². The maximum absolute atomic E-state index is 5.92. The van der Waals surface area contributed by atoms with E-state index >= 15 is 0 Å². The van der Waals surface area contributed by atoms with E-state index in [1.165, 1.54) is 5.56 Å². The van der Waals surface area contributed by atoms with Gasteiger partial charge in [0.1, 0.15) is 5.82 Å². The second-order valence-corrected chi connectivity index (χ2v) is 5.26. The van der Waals surface area contributed by atoms with Crippen molar-refractivity contribution in [1.29, 1.82) is 0 Å². The number of hydrogen-bond acceptors (Lipinski definition) is 4. The summed E-state index contributed by atoms with van der Waals surface area (Å²) in [4.78, 5) is 6.74. The number of nitrogens with two attached hydrogens (primary N) is 1. The monoisotopic (exact) mass is 235 g/mol. The van der Waals surface area contributed by atoms with Crippen LogP contribution in [0.25, 0.3) is 0 Å². The van der Waals surface area contributed by atoms with Gasteiger partial charge in [0.05, 0.1) is 11.7 Å². The average molecular weight is 235 g/mol. The summed E-state index contributed by atoms with van der Waals surface area (Å²) in [6.45, 7) is 8.49. The molecular formula is C13H21N3O. The van der Waals surface area contributed by atoms with E-state index in [1.807, 2.05) is 12.3 Å². The predicted octanol–water partition coefficient (Wildman–Crippen LogP) is 1.33. The van der Waals surface area contributed by atoms with Crippen LogP contribution in [0, 0.1) is 6.92 Å². The molecule has 0 spiro atoms. The lowest BCUT2D eigenvalue weighted by molar-refractivity contribution is -0.0790. The number of ether oxygens (including phenoxy) is 1. The summed E-state index contributed by atoms with van der Waals surface area (Å²) in [5.74, 6) is 1.04. The lowest BCUT2D eigenvalue weighted by Gasteiger charge is -2.43. The molecule has 1 aliphatic rings. The Balaban J connectivity index is 2.24. The molecule has 2 rings (SSSR count). The largest absolute Gasteiger partial charge is 0.367 e. The van der Waals surface area contributed by atoms with Gasteiger partial charge in [0.25, 0.3) is 0 Å². The fourth-order valence-corrected chi connectivity index (χ4v) is 2.39. The van der Waals surface area contributed by atoms with Gasteiger partial charge in [0.2, 0.25) is 0 Å². The van der Waals surface area contributed by atoms with Gasteiger partial charge in [-0.25, -0.2) is 4.98 Å². The normalized spacial score (nSPS) is 23.8. The maximum atomic E-state index is 5.92. The molecule has 0 bridgehead atoms. The Morgan fingerprint density at radius 3 is 3.00 bits per heavy atom. The molecule has 1 aromatic heterocycles. The topological polar surface area (TPSA) is 51.4 Å². The van der Waals surface area contributed by atoms with Gasteiger partial charge in [-0.05, 0) is 32.4 Å². The van der Waals surface area contributed by atoms with E-state index in [9.17, 15) is 0 Å². The van der Waals surface area contributed by atoms with Crippen LogP contribution in [0.3, 0.4) is 0 Å². The van der Waals surface area contributed by atoms with Crippen molar-refractivity contribution in [1.82, 2.24) is 4.98 Å². The highest BCUT2D eigenvalue weighted by atomic mass is 16.5. The Hall–Kier alpha value is -1.13. The minimum atomic E-state index is -0.174. The smallest absolute Gasteiger partial charge is 0.131 e. The second kappa shape index (κ2) is 4.63. The average Bonchev–Trinajstić information content (AvgIpc) is 2.27. The second-order valence-electron chi connectivity index (χ2n) is 5.26. The van der Waals surface area contributed by atoms with Gasteiger partial charge in [0, 0.05) is 25.8 Å². The summed E-state index contributed by atoms with van der Waals surface area (Å²) in [7, 11) is 0. The van der Waals surface area contributed by atoms with E-state index in [4.69, 9.17) is 10.5 Å². The molecule has 94 valence electrons. The minimum absolute atomic E-state index is 0.0835. The molecule has 1 unspecified atom stereocenters. The Kier molecular flexibility index (Phi) is 3.35. The number of pyridine rings is 1. The van der Waals surface area contributed by atoms with Gasteiger partial charge >= 0.3 is 0 Å². The number of hydrogen-bond donors (Lipinski definition) is 1. The van der Waals surface area contributed by atoms with Gasteiger partial charge in [-0.2, -0.15) is 0 Å². The van der Waals surface area contributed by atoms with Gasteiger partial charge < -0.3 is 15.4 Å². The van der Waals surface area contributed by atoms with Crippen molar-refractivity contribution in [2.24, 2.45) is 5.73 Å². The first-order valence-corrected chi connectivity index (χ1v) is 6.06. The van der Waals surface area contributed by atoms with Crippen molar-refractivity contribution in [3.63, 3.8) is 0 Å². The van der Waals surface area contributed by atoms with Crippen LogP contribution < -0.4 is 10.6 Å². The Morgan fingerprint density at radius 2 is 2.35 bits per heavy atom. The minimum Gasteiger partial charge on any atom is -0.367 e. The van der Waals surface area contributed by atoms with Crippen LogP contribution >= 0.6 is 0 Å². The molecule has 4 heteroatoms. The highest BCUT2D eigenvalue weighted by molar-refractivity contribution is 5.46. The summed E-state index contributed by atoms with van der Waals surface area (Å²) < 4.78 is 5.92. The molecule has 4 nitrogen and oxygen atoms in total. The maximum Gasteiger partial charge on any atom is 0.131 e. The van der Waals surface area contributed by atoms with Crippen LogP contribution in [-0.4, -0.2) is 36.3 Å². The fourth-order valence-electron chi connectivity index (χ4n) is 2.39. The molecule has 17 heavy (non-hydrogen) atoms. The number of morpholine rings is 1. The van der Waals surface area contributed by atoms with Crippen LogP contribution in [-0.2, 0) is 4.74 Å². The van der Waals surface area contributed by atoms with Crippen molar-refractivity contribution < 1.29 is 4.74 Å². The number of nitrogens with zero attached hydrogens (tertiary/aromatic N) is 2. The lowest BCUT2D eigenvalue weighted by atomic mass is 10.0. The number of anilines is 1. The SMILES string of the molecule is Cc1cccnc1N1CC(CN)OC(C)(C)C1. The molecule has 0 aromatic carbocycles. The van der Waals surface area contributed by atoms with Crippen molar-refractivity contribution in [3.8, 4) is 0 Å². The molecule has 1 aliphatic heterocycles. The first-order valence-electron chi connectivity index (χ1n) is 6.06. The first kappa shape index (κ1) is 12.3. The van der Waals surface area contributed by atoms with Crippen LogP contribution in [0.5, 0.6) is 0 Å². The number of aryl methyl sites for hydroxylation is 1. The standard InChI is InChI=1S/C13H21N3O/c1-10-5-4-6-15-12(10)16-8-11(7-14)17-13(2,3)9-16/h4-6,11H,7-9,14H2,1-3H3. The Labute approximate surface area is 103 Å². The van der Waals surface area contributed by atoms with Crippen LogP contribution in [0.2, 0.25) is 0 Å². The van der Waals surface area contributed by atoms with Crippen LogP contribution in [0.1, 0.15) is 19.4 Å². The van der Waals surface area contributed by atoms with Crippen molar-refractivity contribution in [2.75, 3.05) is 24.5 Å². The van der Waals surface area contributed by atoms with Crippen molar-refractivity contribution in [2.45, 2.75) is 32.5 Å². The van der Waals surface area contributed by atoms with E-state index in [0.29, 0.717) is 6.54 Å². The van der Waals surface area contributed by atoms with Gasteiger partial charge in [-0.1, -0.05) is 6.07 Å². The van der Waals surface area contributed by atoms with Crippen molar-refractivity contribution in [3.05, 3.63) is 23.9 Å². The predicted molar refractivity (Wildman–Crippen MR) is 69.2 cm³/mol. The molecule has 0 amide bonds. The molecule has 2 heterocycles. The number of aromatic nitrogens is 1. The summed E-state index contributed by atoms with van der Waals surface area (Å²) in [6.07, 6.45) is 1.92. The van der Waals surface area contributed by atoms with Gasteiger partial charge in [0.15, 0.2) is 0 Å². The van der Waals surface area contributed by atoms with Gasteiger partial charge in [-0.15, -0.1) is 0 Å². The summed E-state index contributed by atoms with van der Waals surface area (Å²) in [5, 5.41) is 0. The zero-order valence-corrected chi connectivity index (χ0v) is 10.8. The molecule has 0 saturated carbocycles. The Bertz CT molecular complexity index is 392. The summed E-state index contributed by atoms with van der Waals surface area (Å²) in [6, 6.07) is 4.05. The van der Waals surface area contributed by atoms with E-state index < -0.39 is 0 Å². The summed E-state index contributed by atoms with van der Waals surface area (Å²) in [5.41, 5.74) is 6.75. The first-order chi connectivity index (χ1) is 8.02. The molecule has 0 radical (unpaired) electrons. The lowest BCUT2D eigenvalue weighted by Crippen LogP contribution is -2.55. The fraction of sp³-hybridized carbons (Fsp3) is 0.615. The highest BCUT2D eigenvalue weighted by Crippen LogP contribution is 2.26. The van der Waals surface area contributed by atoms with Crippen molar-refractivity contribution >= 4 is 5.82 Å². The number of rotatable bonds is 2. The third-order valence-electron chi connectivity index (χ3n) is 3.03. The molecule has 0 aliphatic carbocycles. The van der Waals surface area contributed by atoms with Gasteiger partial charge in [-0.3, -0.25) is 0 Å². The van der Waals surface area contributed by atoms with E-state index in [2.05, 4.69) is 36.7 Å². The zero-order valence-electron chi connectivity index (χ0n) is 10.8. The highest BCUT2D eigenvalue weighted by Gasteiger charge is 2.33. The molecule has 1 saturated heterocycles. The van der Waals surface area contributed by atoms with E-state index in [-0.39, 0.29) is 11.7 Å². The zero-order chi connectivity index (χ0) is 12.5. The molecule has 1 aromatic rings. The van der Waals surface area contributed by atoms with E-state index in [1.54, 1.807) is 0 Å². The molecule has 1 atom stereocenters.